The summed E-state index contributed by atoms with van der Waals surface area (Å²) < 4.78 is 15.1. The van der Waals surface area contributed by atoms with Crippen molar-refractivity contribution in [2.75, 3.05) is 13.2 Å². The van der Waals surface area contributed by atoms with Crippen molar-refractivity contribution in [3.63, 3.8) is 0 Å². The first-order valence-electron chi connectivity index (χ1n) is 5.78. The van der Waals surface area contributed by atoms with Crippen molar-refractivity contribution >= 4 is 6.16 Å². The maximum Gasteiger partial charge on any atom is 0.510 e. The molecule has 1 heterocycles. The van der Waals surface area contributed by atoms with Crippen LogP contribution >= 0.6 is 0 Å². The zero-order chi connectivity index (χ0) is 12.1. The average Bonchev–Trinajstić information content (AvgIpc) is 3.08. The molecule has 2 rings (SSSR count). The van der Waals surface area contributed by atoms with E-state index < -0.39 is 11.9 Å². The Hall–Kier alpha value is -1.55. The summed E-state index contributed by atoms with van der Waals surface area (Å²) in [5.41, 5.74) is 1.20. The van der Waals surface area contributed by atoms with Gasteiger partial charge in [-0.2, -0.15) is 0 Å². The molecule has 1 saturated heterocycles. The maximum absolute atomic E-state index is 11.2. The number of benzene rings is 1. The third-order valence-electron chi connectivity index (χ3n) is 2.64. The Morgan fingerprint density at radius 1 is 1.41 bits per heavy atom. The third kappa shape index (κ3) is 3.46. The summed E-state index contributed by atoms with van der Waals surface area (Å²) in [4.78, 5) is 11.2. The minimum absolute atomic E-state index is 0.313. The molecule has 1 atom stereocenters. The van der Waals surface area contributed by atoms with Crippen molar-refractivity contribution in [2.45, 2.75) is 25.6 Å². The number of aryl methyl sites for hydroxylation is 1. The van der Waals surface area contributed by atoms with E-state index in [9.17, 15) is 4.79 Å². The van der Waals surface area contributed by atoms with Crippen molar-refractivity contribution in [1.29, 1.82) is 0 Å². The molecule has 0 radical (unpaired) electrons. The quantitative estimate of drug-likeness (QED) is 0.582. The number of hydrogen-bond donors (Lipinski definition) is 0. The van der Waals surface area contributed by atoms with Crippen molar-refractivity contribution in [2.24, 2.45) is 0 Å². The van der Waals surface area contributed by atoms with Gasteiger partial charge in [0, 0.05) is 6.42 Å². The lowest BCUT2D eigenvalue weighted by Gasteiger charge is -2.12. The van der Waals surface area contributed by atoms with E-state index in [0.29, 0.717) is 19.6 Å². The second-order valence-electron chi connectivity index (χ2n) is 3.97. The van der Waals surface area contributed by atoms with Gasteiger partial charge >= 0.3 is 6.16 Å². The topological polar surface area (TPSA) is 48.1 Å². The van der Waals surface area contributed by atoms with Crippen LogP contribution in [0.25, 0.3) is 0 Å². The van der Waals surface area contributed by atoms with Crippen LogP contribution in [0.1, 0.15) is 18.9 Å². The van der Waals surface area contributed by atoms with E-state index in [1.54, 1.807) is 6.92 Å². The van der Waals surface area contributed by atoms with Crippen LogP contribution in [0.5, 0.6) is 0 Å². The fourth-order valence-corrected chi connectivity index (χ4v) is 1.61. The fourth-order valence-electron chi connectivity index (χ4n) is 1.61. The maximum atomic E-state index is 11.2. The number of epoxide rings is 1. The molecule has 0 aliphatic carbocycles. The molecule has 1 fully saturated rings. The van der Waals surface area contributed by atoms with E-state index in [1.807, 2.05) is 30.3 Å². The van der Waals surface area contributed by atoms with Crippen molar-refractivity contribution < 1.29 is 19.0 Å². The molecule has 0 spiro atoms. The average molecular weight is 236 g/mol. The van der Waals surface area contributed by atoms with Gasteiger partial charge in [-0.15, -0.1) is 0 Å². The normalized spacial score (nSPS) is 21.9. The minimum Gasteiger partial charge on any atom is -0.435 e. The zero-order valence-electron chi connectivity index (χ0n) is 9.85. The summed E-state index contributed by atoms with van der Waals surface area (Å²) in [6.45, 7) is 2.51. The molecule has 92 valence electrons. The van der Waals surface area contributed by atoms with Gasteiger partial charge in [-0.25, -0.2) is 4.79 Å². The van der Waals surface area contributed by atoms with Gasteiger partial charge in [0.05, 0.1) is 6.61 Å². The van der Waals surface area contributed by atoms with E-state index in [0.717, 1.165) is 6.42 Å². The molecule has 1 aromatic rings. The summed E-state index contributed by atoms with van der Waals surface area (Å²) in [6.07, 6.45) is 0.828. The molecular formula is C13H16O4. The van der Waals surface area contributed by atoms with Crippen LogP contribution in [-0.2, 0) is 20.6 Å². The van der Waals surface area contributed by atoms with Gasteiger partial charge in [-0.05, 0) is 18.9 Å². The van der Waals surface area contributed by atoms with Gasteiger partial charge in [0.25, 0.3) is 0 Å². The number of ether oxygens (including phenoxy) is 3. The minimum atomic E-state index is -0.748. The Kier molecular flexibility index (Phi) is 3.64. The molecular weight excluding hydrogens is 220 g/mol. The van der Waals surface area contributed by atoms with E-state index >= 15 is 0 Å². The Morgan fingerprint density at radius 2 is 2.12 bits per heavy atom. The fraction of sp³-hybridized carbons (Fsp3) is 0.462. The van der Waals surface area contributed by atoms with E-state index in [4.69, 9.17) is 14.2 Å². The predicted octanol–water partition coefficient (Wildman–Crippen LogP) is 2.52. The molecule has 4 heteroatoms. The lowest BCUT2D eigenvalue weighted by Crippen LogP contribution is -2.22. The van der Waals surface area contributed by atoms with Gasteiger partial charge in [0.15, 0.2) is 0 Å². The summed E-state index contributed by atoms with van der Waals surface area (Å²) in [5.74, 6) is -0.748. The van der Waals surface area contributed by atoms with Gasteiger partial charge in [-0.3, -0.25) is 0 Å². The molecule has 0 N–H and O–H groups in total. The largest absolute Gasteiger partial charge is 0.510 e. The molecule has 1 aromatic carbocycles. The number of hydrogen-bond acceptors (Lipinski definition) is 4. The van der Waals surface area contributed by atoms with Crippen LogP contribution < -0.4 is 0 Å². The first-order chi connectivity index (χ1) is 8.24. The first-order valence-corrected chi connectivity index (χ1v) is 5.78. The van der Waals surface area contributed by atoms with Crippen LogP contribution in [-0.4, -0.2) is 25.2 Å². The van der Waals surface area contributed by atoms with Crippen molar-refractivity contribution in [3.8, 4) is 0 Å². The Labute approximate surface area is 100 Å². The SMILES string of the molecule is CCOC(=O)OC1(CCc2ccccc2)CO1. The van der Waals surface area contributed by atoms with Crippen LogP contribution in [0.15, 0.2) is 30.3 Å². The van der Waals surface area contributed by atoms with Crippen LogP contribution in [0.4, 0.5) is 4.79 Å². The molecule has 0 aromatic heterocycles. The highest BCUT2D eigenvalue weighted by molar-refractivity contribution is 5.60. The molecule has 17 heavy (non-hydrogen) atoms. The molecule has 0 saturated carbocycles. The monoisotopic (exact) mass is 236 g/mol. The molecule has 4 nitrogen and oxygen atoms in total. The molecule has 1 aliphatic heterocycles. The second-order valence-corrected chi connectivity index (χ2v) is 3.97. The summed E-state index contributed by atoms with van der Waals surface area (Å²) >= 11 is 0. The smallest absolute Gasteiger partial charge is 0.435 e. The number of rotatable bonds is 5. The highest BCUT2D eigenvalue weighted by atomic mass is 16.8. The van der Waals surface area contributed by atoms with Gasteiger partial charge in [-0.1, -0.05) is 30.3 Å². The van der Waals surface area contributed by atoms with Gasteiger partial charge in [0.1, 0.15) is 6.61 Å². The number of carbonyl (C=O) groups excluding carboxylic acids is 1. The van der Waals surface area contributed by atoms with E-state index in [2.05, 4.69) is 0 Å². The Bertz CT molecular complexity index is 370. The Balaban J connectivity index is 1.80. The molecule has 0 amide bonds. The summed E-state index contributed by atoms with van der Waals surface area (Å²) in [6, 6.07) is 10.0. The number of carbonyl (C=O) groups is 1. The second kappa shape index (κ2) is 5.19. The van der Waals surface area contributed by atoms with Crippen LogP contribution in [0.3, 0.4) is 0 Å². The summed E-state index contributed by atoms with van der Waals surface area (Å²) in [5, 5.41) is 0. The van der Waals surface area contributed by atoms with E-state index in [1.165, 1.54) is 5.56 Å². The predicted molar refractivity (Wildman–Crippen MR) is 61.6 cm³/mol. The lowest BCUT2D eigenvalue weighted by atomic mass is 10.1. The highest BCUT2D eigenvalue weighted by Crippen LogP contribution is 2.34. The molecule has 0 bridgehead atoms. The Morgan fingerprint density at radius 3 is 2.71 bits per heavy atom. The van der Waals surface area contributed by atoms with Crippen LogP contribution in [0, 0.1) is 0 Å². The zero-order valence-corrected chi connectivity index (χ0v) is 9.85. The molecule has 1 unspecified atom stereocenters. The lowest BCUT2D eigenvalue weighted by molar-refractivity contribution is -0.0368. The van der Waals surface area contributed by atoms with Crippen LogP contribution in [0.2, 0.25) is 0 Å². The first kappa shape index (κ1) is 11.9. The van der Waals surface area contributed by atoms with E-state index in [-0.39, 0.29) is 0 Å². The third-order valence-corrected chi connectivity index (χ3v) is 2.64. The van der Waals surface area contributed by atoms with Gasteiger partial charge in [0.2, 0.25) is 5.79 Å². The van der Waals surface area contributed by atoms with Crippen molar-refractivity contribution in [1.82, 2.24) is 0 Å². The van der Waals surface area contributed by atoms with Gasteiger partial charge < -0.3 is 14.2 Å². The standard InChI is InChI=1S/C13H16O4/c1-2-15-12(14)17-13(10-16-13)9-8-11-6-4-3-5-7-11/h3-7H,2,8-10H2,1H3. The summed E-state index contributed by atoms with van der Waals surface area (Å²) in [7, 11) is 0. The van der Waals surface area contributed by atoms with Crippen molar-refractivity contribution in [3.05, 3.63) is 35.9 Å². The highest BCUT2D eigenvalue weighted by Gasteiger charge is 2.49. The molecule has 1 aliphatic rings.